The van der Waals surface area contributed by atoms with Gasteiger partial charge in [-0.05, 0) is 24.6 Å². The van der Waals surface area contributed by atoms with E-state index < -0.39 is 0 Å². The molecule has 1 aliphatic heterocycles. The van der Waals surface area contributed by atoms with Crippen molar-refractivity contribution < 1.29 is 4.79 Å². The monoisotopic (exact) mass is 468 g/mol. The molecule has 0 unspecified atom stereocenters. The normalized spacial score (nSPS) is 14.5. The van der Waals surface area contributed by atoms with Crippen LogP contribution in [0.3, 0.4) is 0 Å². The zero-order valence-corrected chi connectivity index (χ0v) is 20.9. The van der Waals surface area contributed by atoms with Gasteiger partial charge in [0.2, 0.25) is 5.91 Å². The van der Waals surface area contributed by atoms with E-state index in [1.54, 1.807) is 0 Å². The summed E-state index contributed by atoms with van der Waals surface area (Å²) in [6.45, 7) is 10.8. The minimum Gasteiger partial charge on any atom is -0.352 e. The number of amides is 1. The molecule has 7 nitrogen and oxygen atoms in total. The molecule has 3 heterocycles. The molecule has 180 valence electrons. The molecular weight excluding hydrogens is 436 g/mol. The van der Waals surface area contributed by atoms with Gasteiger partial charge in [0.05, 0.1) is 17.3 Å². The van der Waals surface area contributed by atoms with Crippen molar-refractivity contribution in [1.82, 2.24) is 24.6 Å². The number of benzene rings is 2. The van der Waals surface area contributed by atoms with Gasteiger partial charge in [0.25, 0.3) is 0 Å². The number of carbonyl (C=O) groups excluding carboxylic acids is 1. The molecule has 0 saturated carbocycles. The first-order chi connectivity index (χ1) is 16.8. The maximum absolute atomic E-state index is 12.8. The third kappa shape index (κ3) is 4.76. The van der Waals surface area contributed by atoms with Crippen LogP contribution in [0, 0.1) is 12.3 Å². The van der Waals surface area contributed by atoms with E-state index in [0.717, 1.165) is 41.5 Å². The van der Waals surface area contributed by atoms with E-state index in [4.69, 9.17) is 9.97 Å². The molecule has 0 spiro atoms. The van der Waals surface area contributed by atoms with Gasteiger partial charge < -0.3 is 9.80 Å². The second-order valence-corrected chi connectivity index (χ2v) is 10.3. The van der Waals surface area contributed by atoms with Crippen molar-refractivity contribution in [3.8, 4) is 5.69 Å². The lowest BCUT2D eigenvalue weighted by Gasteiger charge is -2.38. The Morgan fingerprint density at radius 2 is 1.60 bits per heavy atom. The molecule has 7 heteroatoms. The molecule has 0 atom stereocenters. The van der Waals surface area contributed by atoms with Gasteiger partial charge in [0.1, 0.15) is 11.6 Å². The van der Waals surface area contributed by atoms with Crippen LogP contribution in [0.25, 0.3) is 16.7 Å². The Hall–Kier alpha value is -3.74. The van der Waals surface area contributed by atoms with Crippen LogP contribution >= 0.6 is 0 Å². The van der Waals surface area contributed by atoms with E-state index in [2.05, 4.69) is 41.2 Å². The number of carbonyl (C=O) groups is 1. The third-order valence-electron chi connectivity index (χ3n) is 6.45. The van der Waals surface area contributed by atoms with Gasteiger partial charge in [-0.2, -0.15) is 5.10 Å². The average molecular weight is 469 g/mol. The molecule has 1 aliphatic rings. The molecule has 5 rings (SSSR count). The highest BCUT2D eigenvalue weighted by atomic mass is 16.2. The summed E-state index contributed by atoms with van der Waals surface area (Å²) in [5, 5.41) is 5.61. The third-order valence-corrected chi connectivity index (χ3v) is 6.45. The maximum atomic E-state index is 12.8. The van der Waals surface area contributed by atoms with Crippen molar-refractivity contribution in [3.63, 3.8) is 0 Å². The number of hydrogen-bond acceptors (Lipinski definition) is 5. The minimum absolute atomic E-state index is 0.196. The van der Waals surface area contributed by atoms with Crippen LogP contribution in [-0.4, -0.2) is 56.7 Å². The summed E-state index contributed by atoms with van der Waals surface area (Å²) in [6, 6.07) is 18.6. The first kappa shape index (κ1) is 23.0. The van der Waals surface area contributed by atoms with Gasteiger partial charge in [-0.15, -0.1) is 0 Å². The maximum Gasteiger partial charge on any atom is 0.228 e. The molecule has 2 aromatic heterocycles. The Morgan fingerprint density at radius 1 is 0.914 bits per heavy atom. The highest BCUT2D eigenvalue weighted by Gasteiger charge is 2.31. The van der Waals surface area contributed by atoms with Crippen LogP contribution in [0.1, 0.15) is 37.7 Å². The summed E-state index contributed by atoms with van der Waals surface area (Å²) in [5.74, 6) is 1.85. The summed E-state index contributed by atoms with van der Waals surface area (Å²) < 4.78 is 1.89. The summed E-state index contributed by atoms with van der Waals surface area (Å²) >= 11 is 0. The first-order valence-corrected chi connectivity index (χ1v) is 12.2. The number of aryl methyl sites for hydroxylation is 1. The zero-order valence-electron chi connectivity index (χ0n) is 20.9. The number of para-hydroxylation sites is 1. The molecule has 4 aromatic rings. The molecule has 2 aromatic carbocycles. The van der Waals surface area contributed by atoms with Gasteiger partial charge in [-0.3, -0.25) is 4.79 Å². The Kier molecular flexibility index (Phi) is 6.01. The van der Waals surface area contributed by atoms with Crippen molar-refractivity contribution in [2.24, 2.45) is 5.41 Å². The number of aromatic nitrogens is 4. The zero-order chi connectivity index (χ0) is 24.6. The summed E-state index contributed by atoms with van der Waals surface area (Å²) in [5.41, 5.74) is 3.80. The van der Waals surface area contributed by atoms with Gasteiger partial charge in [0.15, 0.2) is 5.65 Å². The van der Waals surface area contributed by atoms with Crippen molar-refractivity contribution in [2.75, 3.05) is 31.1 Å². The molecule has 0 N–H and O–H groups in total. The van der Waals surface area contributed by atoms with Crippen molar-refractivity contribution in [2.45, 2.75) is 34.1 Å². The van der Waals surface area contributed by atoms with Crippen molar-refractivity contribution in [3.05, 3.63) is 77.7 Å². The van der Waals surface area contributed by atoms with E-state index in [9.17, 15) is 4.79 Å². The Morgan fingerprint density at radius 3 is 2.26 bits per heavy atom. The Labute approximate surface area is 206 Å². The fraction of sp³-hybridized carbons (Fsp3) is 0.357. The lowest BCUT2D eigenvalue weighted by atomic mass is 9.94. The number of nitrogens with zero attached hydrogens (tertiary/aromatic N) is 6. The molecule has 1 fully saturated rings. The smallest absolute Gasteiger partial charge is 0.228 e. The van der Waals surface area contributed by atoms with Crippen molar-refractivity contribution >= 4 is 22.8 Å². The van der Waals surface area contributed by atoms with E-state index in [1.165, 1.54) is 11.1 Å². The van der Waals surface area contributed by atoms with Crippen LogP contribution in [0.2, 0.25) is 0 Å². The van der Waals surface area contributed by atoms with Crippen LogP contribution in [0.15, 0.2) is 60.8 Å². The number of fused-ring (bicyclic) bond motifs is 1. The highest BCUT2D eigenvalue weighted by molar-refractivity contribution is 5.88. The van der Waals surface area contributed by atoms with E-state index in [1.807, 2.05) is 66.9 Å². The lowest BCUT2D eigenvalue weighted by Crippen LogP contribution is -2.52. The fourth-order valence-electron chi connectivity index (χ4n) is 4.50. The van der Waals surface area contributed by atoms with Crippen molar-refractivity contribution in [1.29, 1.82) is 0 Å². The fourth-order valence-corrected chi connectivity index (χ4v) is 4.50. The molecular formula is C28H32N6O. The highest BCUT2D eigenvalue weighted by Crippen LogP contribution is 2.28. The van der Waals surface area contributed by atoms with Gasteiger partial charge in [-0.25, -0.2) is 14.6 Å². The van der Waals surface area contributed by atoms with Gasteiger partial charge in [0, 0.05) is 38.0 Å². The molecule has 0 aliphatic carbocycles. The van der Waals surface area contributed by atoms with E-state index >= 15 is 0 Å². The number of anilines is 1. The van der Waals surface area contributed by atoms with E-state index in [-0.39, 0.29) is 11.3 Å². The molecule has 1 amide bonds. The summed E-state index contributed by atoms with van der Waals surface area (Å²) in [4.78, 5) is 27.0. The largest absolute Gasteiger partial charge is 0.352 e. The second-order valence-electron chi connectivity index (χ2n) is 10.3. The second kappa shape index (κ2) is 9.13. The average Bonchev–Trinajstić information content (AvgIpc) is 3.28. The molecule has 0 bridgehead atoms. The van der Waals surface area contributed by atoms with Crippen LogP contribution in [0.5, 0.6) is 0 Å². The minimum atomic E-state index is -0.373. The molecule has 0 radical (unpaired) electrons. The quantitative estimate of drug-likeness (QED) is 0.444. The van der Waals surface area contributed by atoms with Crippen LogP contribution in [-0.2, 0) is 11.2 Å². The molecule has 35 heavy (non-hydrogen) atoms. The Bertz CT molecular complexity index is 1330. The number of hydrogen-bond donors (Lipinski definition) is 0. The van der Waals surface area contributed by atoms with Gasteiger partial charge in [-0.1, -0.05) is 68.8 Å². The topological polar surface area (TPSA) is 67.2 Å². The lowest BCUT2D eigenvalue weighted by molar-refractivity contribution is -0.139. The predicted octanol–water partition coefficient (Wildman–Crippen LogP) is 4.41. The van der Waals surface area contributed by atoms with Crippen LogP contribution in [0.4, 0.5) is 5.82 Å². The number of piperazine rings is 1. The standard InChI is InChI=1S/C28H32N6O/c1-20-10-12-21(13-11-20)18-24-30-25(32-14-16-33(17-15-32)27(35)28(2,3)4)23-19-29-34(26(23)31-24)22-8-6-5-7-9-22/h5-13,19H,14-18H2,1-4H3. The summed E-state index contributed by atoms with van der Waals surface area (Å²) in [6.07, 6.45) is 2.51. The first-order valence-electron chi connectivity index (χ1n) is 12.2. The predicted molar refractivity (Wildman–Crippen MR) is 139 cm³/mol. The van der Waals surface area contributed by atoms with Gasteiger partial charge >= 0.3 is 0 Å². The molecule has 1 saturated heterocycles. The SMILES string of the molecule is Cc1ccc(Cc2nc(N3CCN(C(=O)C(C)(C)C)CC3)c3cnn(-c4ccccc4)c3n2)cc1. The van der Waals surface area contributed by atoms with Crippen LogP contribution < -0.4 is 4.90 Å². The number of rotatable bonds is 4. The van der Waals surface area contributed by atoms with E-state index in [0.29, 0.717) is 19.5 Å². The Balaban J connectivity index is 1.52. The summed E-state index contributed by atoms with van der Waals surface area (Å²) in [7, 11) is 0.